The third kappa shape index (κ3) is 2.35. The average molecular weight is 233 g/mol. The summed E-state index contributed by atoms with van der Waals surface area (Å²) in [4.78, 5) is 12.0. The van der Waals surface area contributed by atoms with E-state index in [9.17, 15) is 4.79 Å². The highest BCUT2D eigenvalue weighted by Gasteiger charge is 2.16. The lowest BCUT2D eigenvalue weighted by Crippen LogP contribution is -2.25. The van der Waals surface area contributed by atoms with E-state index in [0.717, 1.165) is 5.69 Å². The van der Waals surface area contributed by atoms with Gasteiger partial charge in [-0.25, -0.2) is 0 Å². The van der Waals surface area contributed by atoms with Gasteiger partial charge in [0.15, 0.2) is 0 Å². The number of nitrogens with zero attached hydrogens (tertiary/aromatic N) is 4. The normalized spacial score (nSPS) is 12.4. The fourth-order valence-electron chi connectivity index (χ4n) is 1.59. The van der Waals surface area contributed by atoms with Gasteiger partial charge in [0.1, 0.15) is 11.9 Å². The Morgan fingerprint density at radius 2 is 2.29 bits per heavy atom. The molecule has 6 heteroatoms. The van der Waals surface area contributed by atoms with Crippen molar-refractivity contribution in [3.63, 3.8) is 0 Å². The Balaban J connectivity index is 2.09. The van der Waals surface area contributed by atoms with E-state index in [4.69, 9.17) is 0 Å². The molecule has 1 N–H and O–H groups in total. The molecule has 0 saturated carbocycles. The summed E-state index contributed by atoms with van der Waals surface area (Å²) in [6.07, 6.45) is 3.41. The van der Waals surface area contributed by atoms with E-state index >= 15 is 0 Å². The van der Waals surface area contributed by atoms with Crippen LogP contribution in [0.25, 0.3) is 0 Å². The van der Waals surface area contributed by atoms with Gasteiger partial charge in [-0.2, -0.15) is 10.2 Å². The van der Waals surface area contributed by atoms with Crippen LogP contribution in [0.2, 0.25) is 0 Å². The first kappa shape index (κ1) is 11.4. The van der Waals surface area contributed by atoms with E-state index in [1.54, 1.807) is 41.8 Å². The molecule has 6 nitrogen and oxygen atoms in total. The van der Waals surface area contributed by atoms with Crippen LogP contribution < -0.4 is 5.32 Å². The van der Waals surface area contributed by atoms with Crippen molar-refractivity contribution < 1.29 is 4.79 Å². The number of nitrogens with one attached hydrogen (secondary N) is 1. The Hall–Kier alpha value is -2.11. The van der Waals surface area contributed by atoms with Gasteiger partial charge in [-0.15, -0.1) is 0 Å². The second-order valence-corrected chi connectivity index (χ2v) is 3.95. The smallest absolute Gasteiger partial charge is 0.250 e. The Kier molecular flexibility index (Phi) is 2.95. The van der Waals surface area contributed by atoms with Crippen LogP contribution >= 0.6 is 0 Å². The minimum atomic E-state index is -0.347. The van der Waals surface area contributed by atoms with E-state index in [0.29, 0.717) is 5.82 Å². The maximum absolute atomic E-state index is 12.0. The van der Waals surface area contributed by atoms with Crippen molar-refractivity contribution in [2.75, 3.05) is 5.32 Å². The molecule has 0 radical (unpaired) electrons. The molecule has 0 unspecified atom stereocenters. The monoisotopic (exact) mass is 233 g/mol. The van der Waals surface area contributed by atoms with Gasteiger partial charge in [0.25, 0.3) is 0 Å². The van der Waals surface area contributed by atoms with Gasteiger partial charge in [0, 0.05) is 25.5 Å². The molecule has 0 aliphatic rings. The lowest BCUT2D eigenvalue weighted by molar-refractivity contribution is -0.119. The van der Waals surface area contributed by atoms with Gasteiger partial charge in [-0.3, -0.25) is 14.2 Å². The molecule has 0 bridgehead atoms. The van der Waals surface area contributed by atoms with E-state index in [-0.39, 0.29) is 11.9 Å². The summed E-state index contributed by atoms with van der Waals surface area (Å²) < 4.78 is 3.25. The van der Waals surface area contributed by atoms with Crippen LogP contribution in [-0.2, 0) is 11.8 Å². The second-order valence-electron chi connectivity index (χ2n) is 3.95. The third-order valence-electron chi connectivity index (χ3n) is 2.55. The zero-order valence-electron chi connectivity index (χ0n) is 10.1. The Labute approximate surface area is 99.2 Å². The van der Waals surface area contributed by atoms with Gasteiger partial charge in [0.05, 0.1) is 5.69 Å². The van der Waals surface area contributed by atoms with Crippen molar-refractivity contribution in [3.05, 3.63) is 30.2 Å². The van der Waals surface area contributed by atoms with Crippen LogP contribution in [0, 0.1) is 6.92 Å². The van der Waals surface area contributed by atoms with E-state index < -0.39 is 0 Å². The number of aryl methyl sites for hydroxylation is 2. The Morgan fingerprint density at radius 1 is 1.53 bits per heavy atom. The number of carbonyl (C=O) groups is 1. The minimum Gasteiger partial charge on any atom is -0.309 e. The van der Waals surface area contributed by atoms with Crippen molar-refractivity contribution >= 4 is 11.7 Å². The highest BCUT2D eigenvalue weighted by molar-refractivity contribution is 5.92. The molecule has 90 valence electrons. The molecule has 17 heavy (non-hydrogen) atoms. The third-order valence-corrected chi connectivity index (χ3v) is 2.55. The second kappa shape index (κ2) is 4.40. The Bertz CT molecular complexity index is 514. The number of rotatable bonds is 3. The summed E-state index contributed by atoms with van der Waals surface area (Å²) in [6.45, 7) is 3.68. The number of hydrogen-bond donors (Lipinski definition) is 1. The first-order valence-corrected chi connectivity index (χ1v) is 5.38. The average Bonchev–Trinajstić information content (AvgIpc) is 2.88. The maximum Gasteiger partial charge on any atom is 0.250 e. The van der Waals surface area contributed by atoms with Gasteiger partial charge in [-0.05, 0) is 19.9 Å². The van der Waals surface area contributed by atoms with Gasteiger partial charge >= 0.3 is 0 Å². The van der Waals surface area contributed by atoms with Crippen molar-refractivity contribution in [2.24, 2.45) is 7.05 Å². The fraction of sp³-hybridized carbons (Fsp3) is 0.364. The standard InChI is InChI=1S/C11H15N5O/c1-8-7-10(15(3)14-8)13-11(17)9(2)16-6-4-5-12-16/h4-7,9H,1-3H3,(H,13,17)/t9-/m0/s1. The number of anilines is 1. The predicted octanol–water partition coefficient (Wildman–Crippen LogP) is 1.12. The SMILES string of the molecule is Cc1cc(NC(=O)[C@H](C)n2cccn2)n(C)n1. The zero-order valence-corrected chi connectivity index (χ0v) is 10.1. The highest BCUT2D eigenvalue weighted by Crippen LogP contribution is 2.11. The van der Waals surface area contributed by atoms with Crippen LogP contribution in [0.1, 0.15) is 18.7 Å². The maximum atomic E-state index is 12.0. The predicted molar refractivity (Wildman–Crippen MR) is 63.5 cm³/mol. The van der Waals surface area contributed by atoms with E-state index in [2.05, 4.69) is 15.5 Å². The lowest BCUT2D eigenvalue weighted by atomic mass is 10.3. The summed E-state index contributed by atoms with van der Waals surface area (Å²) in [7, 11) is 1.79. The molecule has 1 amide bonds. The van der Waals surface area contributed by atoms with E-state index in [1.807, 2.05) is 13.0 Å². The summed E-state index contributed by atoms with van der Waals surface area (Å²) in [5, 5.41) is 11.0. The van der Waals surface area contributed by atoms with Gasteiger partial charge in [-0.1, -0.05) is 0 Å². The van der Waals surface area contributed by atoms with Crippen molar-refractivity contribution in [1.82, 2.24) is 19.6 Å². The van der Waals surface area contributed by atoms with E-state index in [1.165, 1.54) is 0 Å². The molecule has 2 rings (SSSR count). The minimum absolute atomic E-state index is 0.114. The molecule has 0 aliphatic heterocycles. The molecule has 0 aliphatic carbocycles. The molecule has 2 aromatic heterocycles. The topological polar surface area (TPSA) is 64.7 Å². The zero-order chi connectivity index (χ0) is 12.4. The molecule has 1 atom stereocenters. The van der Waals surface area contributed by atoms with Crippen molar-refractivity contribution in [3.8, 4) is 0 Å². The number of amides is 1. The first-order chi connectivity index (χ1) is 8.08. The molecule has 0 saturated heterocycles. The van der Waals surface area contributed by atoms with Crippen LogP contribution in [-0.4, -0.2) is 25.5 Å². The largest absolute Gasteiger partial charge is 0.309 e. The van der Waals surface area contributed by atoms with Crippen molar-refractivity contribution in [2.45, 2.75) is 19.9 Å². The molecule has 2 heterocycles. The molecule has 0 aromatic carbocycles. The molecular formula is C11H15N5O. The van der Waals surface area contributed by atoms with Crippen LogP contribution in [0.4, 0.5) is 5.82 Å². The van der Waals surface area contributed by atoms with Gasteiger partial charge in [0.2, 0.25) is 5.91 Å². The fourth-order valence-corrected chi connectivity index (χ4v) is 1.59. The molecular weight excluding hydrogens is 218 g/mol. The Morgan fingerprint density at radius 3 is 2.82 bits per heavy atom. The number of aromatic nitrogens is 4. The quantitative estimate of drug-likeness (QED) is 0.864. The van der Waals surface area contributed by atoms with Crippen LogP contribution in [0.15, 0.2) is 24.5 Å². The highest BCUT2D eigenvalue weighted by atomic mass is 16.2. The number of hydrogen-bond acceptors (Lipinski definition) is 3. The summed E-state index contributed by atoms with van der Waals surface area (Å²) in [5.41, 5.74) is 0.870. The lowest BCUT2D eigenvalue weighted by Gasteiger charge is -2.12. The summed E-state index contributed by atoms with van der Waals surface area (Å²) in [6, 6.07) is 3.27. The van der Waals surface area contributed by atoms with Gasteiger partial charge < -0.3 is 5.32 Å². The summed E-state index contributed by atoms with van der Waals surface area (Å²) >= 11 is 0. The van der Waals surface area contributed by atoms with Crippen molar-refractivity contribution in [1.29, 1.82) is 0 Å². The number of carbonyl (C=O) groups excluding carboxylic acids is 1. The first-order valence-electron chi connectivity index (χ1n) is 5.38. The molecule has 0 fully saturated rings. The summed E-state index contributed by atoms with van der Waals surface area (Å²) in [5.74, 6) is 0.572. The van der Waals surface area contributed by atoms with Crippen LogP contribution in [0.5, 0.6) is 0 Å². The van der Waals surface area contributed by atoms with Crippen LogP contribution in [0.3, 0.4) is 0 Å². The molecule has 2 aromatic rings. The molecule has 0 spiro atoms.